The topological polar surface area (TPSA) is 61.5 Å². The van der Waals surface area contributed by atoms with Gasteiger partial charge in [0.05, 0.1) is 24.1 Å². The van der Waals surface area contributed by atoms with Crippen LogP contribution in [0.2, 0.25) is 0 Å². The maximum atomic E-state index is 12.9. The number of hydrogen-bond donors (Lipinski definition) is 1. The number of rotatable bonds is 3. The molecule has 2 unspecified atom stereocenters. The summed E-state index contributed by atoms with van der Waals surface area (Å²) in [5.41, 5.74) is 1.71. The Morgan fingerprint density at radius 1 is 1.27 bits per heavy atom. The number of carbonyl (C=O) groups is 1. The first-order valence-electron chi connectivity index (χ1n) is 8.47. The average molecular weight is 304 g/mol. The molecule has 6 nitrogen and oxygen atoms in total. The molecule has 0 saturated carbocycles. The van der Waals surface area contributed by atoms with E-state index in [0.29, 0.717) is 18.6 Å². The summed E-state index contributed by atoms with van der Waals surface area (Å²) in [5.74, 6) is 0.427. The molecule has 4 heterocycles. The van der Waals surface area contributed by atoms with E-state index in [9.17, 15) is 4.79 Å². The summed E-state index contributed by atoms with van der Waals surface area (Å²) in [6.07, 6.45) is 6.37. The summed E-state index contributed by atoms with van der Waals surface area (Å²) in [7, 11) is 0. The van der Waals surface area contributed by atoms with Gasteiger partial charge in [0.1, 0.15) is 0 Å². The highest BCUT2D eigenvalue weighted by Gasteiger charge is 2.34. The number of amides is 1. The predicted octanol–water partition coefficient (Wildman–Crippen LogP) is 1.22. The van der Waals surface area contributed by atoms with Crippen molar-refractivity contribution >= 4 is 5.91 Å². The Morgan fingerprint density at radius 3 is 2.91 bits per heavy atom. The Bertz CT molecular complexity index is 532. The van der Waals surface area contributed by atoms with Gasteiger partial charge in [0, 0.05) is 31.7 Å². The van der Waals surface area contributed by atoms with Crippen molar-refractivity contribution in [1.29, 1.82) is 0 Å². The van der Waals surface area contributed by atoms with E-state index in [0.717, 1.165) is 43.8 Å². The smallest absolute Gasteiger partial charge is 0.257 e. The fraction of sp³-hybridized carbons (Fsp3) is 0.750. The van der Waals surface area contributed by atoms with Crippen LogP contribution in [0.4, 0.5) is 0 Å². The molecule has 3 saturated heterocycles. The van der Waals surface area contributed by atoms with Crippen molar-refractivity contribution in [2.75, 3.05) is 39.4 Å². The molecule has 0 radical (unpaired) electrons. The second-order valence-corrected chi connectivity index (χ2v) is 6.69. The summed E-state index contributed by atoms with van der Waals surface area (Å²) in [6.45, 7) is 5.60. The van der Waals surface area contributed by atoms with Crippen molar-refractivity contribution in [3.05, 3.63) is 17.5 Å². The van der Waals surface area contributed by atoms with Crippen molar-refractivity contribution in [3.8, 4) is 0 Å². The van der Waals surface area contributed by atoms with Gasteiger partial charge in [-0.2, -0.15) is 5.10 Å². The first kappa shape index (κ1) is 14.2. The standard InChI is InChI=1S/C16H24N4O2/c21-16(14-9-17-18-15(14)12-4-8-22-11-12)20-7-3-13(10-20)19-5-1-2-6-19/h9,12-13H,1-8,10-11H2,(H,17,18). The average Bonchev–Trinajstić information content (AvgIpc) is 3.35. The zero-order valence-corrected chi connectivity index (χ0v) is 13.0. The van der Waals surface area contributed by atoms with Crippen LogP contribution in [0.25, 0.3) is 0 Å². The molecule has 1 N–H and O–H groups in total. The van der Waals surface area contributed by atoms with Gasteiger partial charge >= 0.3 is 0 Å². The van der Waals surface area contributed by atoms with E-state index >= 15 is 0 Å². The van der Waals surface area contributed by atoms with Gasteiger partial charge in [0.15, 0.2) is 0 Å². The maximum Gasteiger partial charge on any atom is 0.257 e. The van der Waals surface area contributed by atoms with Crippen LogP contribution >= 0.6 is 0 Å². The van der Waals surface area contributed by atoms with E-state index in [1.165, 1.54) is 25.9 Å². The maximum absolute atomic E-state index is 12.9. The Kier molecular flexibility index (Phi) is 3.88. The largest absolute Gasteiger partial charge is 0.381 e. The molecule has 1 amide bonds. The number of nitrogens with zero attached hydrogens (tertiary/aromatic N) is 3. The zero-order valence-electron chi connectivity index (χ0n) is 13.0. The molecule has 4 rings (SSSR count). The minimum atomic E-state index is 0.136. The molecule has 120 valence electrons. The highest BCUT2D eigenvalue weighted by Crippen LogP contribution is 2.28. The molecule has 1 aromatic heterocycles. The third-order valence-corrected chi connectivity index (χ3v) is 5.34. The van der Waals surface area contributed by atoms with Crippen LogP contribution < -0.4 is 0 Å². The summed E-state index contributed by atoms with van der Waals surface area (Å²) in [6, 6.07) is 0.552. The minimum Gasteiger partial charge on any atom is -0.381 e. The molecular weight excluding hydrogens is 280 g/mol. The van der Waals surface area contributed by atoms with Crippen LogP contribution in [0.15, 0.2) is 6.20 Å². The Morgan fingerprint density at radius 2 is 2.14 bits per heavy atom. The van der Waals surface area contributed by atoms with Crippen LogP contribution in [-0.2, 0) is 4.74 Å². The molecule has 3 fully saturated rings. The monoisotopic (exact) mass is 304 g/mol. The molecule has 0 aliphatic carbocycles. The van der Waals surface area contributed by atoms with E-state index in [-0.39, 0.29) is 5.91 Å². The number of aromatic nitrogens is 2. The minimum absolute atomic E-state index is 0.136. The lowest BCUT2D eigenvalue weighted by Gasteiger charge is -2.23. The number of likely N-dealkylation sites (tertiary alicyclic amines) is 2. The number of H-pyrrole nitrogens is 1. The van der Waals surface area contributed by atoms with Gasteiger partial charge in [0.2, 0.25) is 0 Å². The lowest BCUT2D eigenvalue weighted by atomic mass is 10.0. The third-order valence-electron chi connectivity index (χ3n) is 5.34. The lowest BCUT2D eigenvalue weighted by molar-refractivity contribution is 0.0778. The summed E-state index contributed by atoms with van der Waals surface area (Å²) >= 11 is 0. The van der Waals surface area contributed by atoms with Crippen molar-refractivity contribution in [3.63, 3.8) is 0 Å². The Hall–Kier alpha value is -1.40. The van der Waals surface area contributed by atoms with Crippen LogP contribution in [-0.4, -0.2) is 71.3 Å². The Balaban J connectivity index is 1.45. The van der Waals surface area contributed by atoms with Crippen LogP contribution in [0.5, 0.6) is 0 Å². The number of hydrogen-bond acceptors (Lipinski definition) is 4. The van der Waals surface area contributed by atoms with E-state index in [1.54, 1.807) is 6.20 Å². The molecule has 22 heavy (non-hydrogen) atoms. The fourth-order valence-electron chi connectivity index (χ4n) is 4.04. The molecule has 0 spiro atoms. The second-order valence-electron chi connectivity index (χ2n) is 6.69. The highest BCUT2D eigenvalue weighted by atomic mass is 16.5. The number of ether oxygens (including phenoxy) is 1. The van der Waals surface area contributed by atoms with Gasteiger partial charge in [0.25, 0.3) is 5.91 Å². The molecule has 2 atom stereocenters. The first-order valence-corrected chi connectivity index (χ1v) is 8.47. The molecule has 0 aromatic carbocycles. The SMILES string of the molecule is O=C(c1cn[nH]c1C1CCOC1)N1CCC(N2CCCC2)C1. The van der Waals surface area contributed by atoms with Crippen molar-refractivity contribution < 1.29 is 9.53 Å². The van der Waals surface area contributed by atoms with Crippen LogP contribution in [0.1, 0.15) is 47.7 Å². The van der Waals surface area contributed by atoms with Crippen LogP contribution in [0, 0.1) is 0 Å². The van der Waals surface area contributed by atoms with E-state index in [1.807, 2.05) is 4.90 Å². The summed E-state index contributed by atoms with van der Waals surface area (Å²) in [4.78, 5) is 17.4. The van der Waals surface area contributed by atoms with Gasteiger partial charge in [-0.3, -0.25) is 14.8 Å². The van der Waals surface area contributed by atoms with Crippen molar-refractivity contribution in [2.24, 2.45) is 0 Å². The zero-order chi connectivity index (χ0) is 14.9. The van der Waals surface area contributed by atoms with Gasteiger partial charge in [-0.25, -0.2) is 0 Å². The quantitative estimate of drug-likeness (QED) is 0.912. The lowest BCUT2D eigenvalue weighted by Crippen LogP contribution is -2.37. The highest BCUT2D eigenvalue weighted by molar-refractivity contribution is 5.95. The van der Waals surface area contributed by atoms with Gasteiger partial charge < -0.3 is 9.64 Å². The van der Waals surface area contributed by atoms with E-state index < -0.39 is 0 Å². The molecule has 3 aliphatic rings. The van der Waals surface area contributed by atoms with Gasteiger partial charge in [-0.15, -0.1) is 0 Å². The molecule has 3 aliphatic heterocycles. The normalized spacial score (nSPS) is 29.5. The Labute approximate surface area is 130 Å². The second kappa shape index (κ2) is 6.01. The first-order chi connectivity index (χ1) is 10.8. The van der Waals surface area contributed by atoms with Gasteiger partial charge in [-0.05, 0) is 38.8 Å². The number of carbonyl (C=O) groups excluding carboxylic acids is 1. The predicted molar refractivity (Wildman–Crippen MR) is 81.9 cm³/mol. The molecule has 1 aromatic rings. The fourth-order valence-corrected chi connectivity index (χ4v) is 4.04. The van der Waals surface area contributed by atoms with Crippen molar-refractivity contribution in [2.45, 2.75) is 37.6 Å². The summed E-state index contributed by atoms with van der Waals surface area (Å²) < 4.78 is 5.45. The van der Waals surface area contributed by atoms with Crippen molar-refractivity contribution in [1.82, 2.24) is 20.0 Å². The van der Waals surface area contributed by atoms with E-state index in [4.69, 9.17) is 4.74 Å². The van der Waals surface area contributed by atoms with Gasteiger partial charge in [-0.1, -0.05) is 0 Å². The molecule has 6 heteroatoms. The van der Waals surface area contributed by atoms with E-state index in [2.05, 4.69) is 15.1 Å². The third kappa shape index (κ3) is 2.54. The molecule has 0 bridgehead atoms. The molecular formula is C16H24N4O2. The van der Waals surface area contributed by atoms with Crippen LogP contribution in [0.3, 0.4) is 0 Å². The summed E-state index contributed by atoms with van der Waals surface area (Å²) in [5, 5.41) is 7.15. The number of nitrogens with one attached hydrogen (secondary N) is 1. The number of aromatic amines is 1.